The topological polar surface area (TPSA) is 50.4 Å². The number of rotatable bonds is 6. The highest BCUT2D eigenvalue weighted by Gasteiger charge is 2.10. The third-order valence-corrected chi connectivity index (χ3v) is 4.28. The molecule has 0 radical (unpaired) electrons. The number of carbonyl (C=O) groups is 1. The Morgan fingerprint density at radius 1 is 0.963 bits per heavy atom. The van der Waals surface area contributed by atoms with Crippen LogP contribution in [0.3, 0.4) is 0 Å². The van der Waals surface area contributed by atoms with E-state index in [0.29, 0.717) is 16.5 Å². The number of hydrogen-bond acceptors (Lipinski definition) is 3. The molecule has 0 unspecified atom stereocenters. The van der Waals surface area contributed by atoms with E-state index in [1.165, 1.54) is 0 Å². The van der Waals surface area contributed by atoms with E-state index in [0.717, 1.165) is 22.5 Å². The van der Waals surface area contributed by atoms with Crippen molar-refractivity contribution in [2.75, 3.05) is 17.2 Å². The summed E-state index contributed by atoms with van der Waals surface area (Å²) in [6.45, 7) is 3.78. The monoisotopic (exact) mass is 380 g/mol. The normalized spacial score (nSPS) is 10.3. The van der Waals surface area contributed by atoms with Crippen molar-refractivity contribution in [2.24, 2.45) is 0 Å². The number of ether oxygens (including phenoxy) is 1. The Labute approximate surface area is 164 Å². The maximum atomic E-state index is 12.2. The van der Waals surface area contributed by atoms with Crippen LogP contribution in [-0.4, -0.2) is 12.5 Å². The summed E-state index contributed by atoms with van der Waals surface area (Å²) in [4.78, 5) is 12.2. The van der Waals surface area contributed by atoms with Gasteiger partial charge < -0.3 is 15.4 Å². The van der Waals surface area contributed by atoms with Gasteiger partial charge in [-0.15, -0.1) is 0 Å². The predicted octanol–water partition coefficient (Wildman–Crippen LogP) is 5.72. The molecule has 3 aromatic rings. The first-order chi connectivity index (χ1) is 13.0. The van der Waals surface area contributed by atoms with Crippen molar-refractivity contribution in [1.82, 2.24) is 0 Å². The van der Waals surface area contributed by atoms with Crippen LogP contribution in [0, 0.1) is 13.8 Å². The number of benzene rings is 3. The molecule has 0 saturated carbocycles. The molecular weight excluding hydrogens is 360 g/mol. The number of anilines is 3. The van der Waals surface area contributed by atoms with Gasteiger partial charge in [-0.25, -0.2) is 0 Å². The number of nitrogens with one attached hydrogen (secondary N) is 2. The van der Waals surface area contributed by atoms with E-state index >= 15 is 0 Å². The molecule has 0 aliphatic rings. The fraction of sp³-hybridized carbons (Fsp3) is 0.136. The molecule has 0 saturated heterocycles. The molecule has 3 aromatic carbocycles. The lowest BCUT2D eigenvalue weighted by atomic mass is 10.1. The van der Waals surface area contributed by atoms with Crippen LogP contribution in [0.15, 0.2) is 66.7 Å². The van der Waals surface area contributed by atoms with Crippen LogP contribution in [0.4, 0.5) is 17.1 Å². The average Bonchev–Trinajstić information content (AvgIpc) is 2.65. The van der Waals surface area contributed by atoms with Gasteiger partial charge >= 0.3 is 0 Å². The largest absolute Gasteiger partial charge is 0.484 e. The number of halogens is 1. The zero-order valence-electron chi connectivity index (χ0n) is 15.3. The Morgan fingerprint density at radius 3 is 2.30 bits per heavy atom. The molecular formula is C22H21ClN2O2. The fourth-order valence-corrected chi connectivity index (χ4v) is 3.09. The van der Waals surface area contributed by atoms with E-state index in [1.54, 1.807) is 0 Å². The Bertz CT molecular complexity index is 902. The first kappa shape index (κ1) is 18.8. The summed E-state index contributed by atoms with van der Waals surface area (Å²) in [6, 6.07) is 21.2. The van der Waals surface area contributed by atoms with Crippen molar-refractivity contribution in [3.05, 3.63) is 82.9 Å². The molecule has 0 spiro atoms. The van der Waals surface area contributed by atoms with Gasteiger partial charge in [0.25, 0.3) is 5.91 Å². The molecule has 0 atom stereocenters. The van der Waals surface area contributed by atoms with Gasteiger partial charge in [0.15, 0.2) is 6.61 Å². The summed E-state index contributed by atoms with van der Waals surface area (Å²) in [5.41, 5.74) is 4.55. The molecule has 0 aromatic heterocycles. The van der Waals surface area contributed by atoms with E-state index in [2.05, 4.69) is 10.6 Å². The Morgan fingerprint density at radius 2 is 1.63 bits per heavy atom. The predicted molar refractivity (Wildman–Crippen MR) is 111 cm³/mol. The number of amides is 1. The van der Waals surface area contributed by atoms with E-state index in [9.17, 15) is 4.79 Å². The fourth-order valence-electron chi connectivity index (χ4n) is 2.72. The van der Waals surface area contributed by atoms with Gasteiger partial charge in [0.1, 0.15) is 5.75 Å². The first-order valence-corrected chi connectivity index (χ1v) is 9.00. The summed E-state index contributed by atoms with van der Waals surface area (Å²) in [5.74, 6) is 0.367. The Hall–Kier alpha value is -2.98. The van der Waals surface area contributed by atoms with E-state index < -0.39 is 0 Å². The van der Waals surface area contributed by atoms with Gasteiger partial charge in [0.2, 0.25) is 0 Å². The molecule has 5 heteroatoms. The molecule has 0 aliphatic heterocycles. The molecule has 27 heavy (non-hydrogen) atoms. The van der Waals surface area contributed by atoms with Gasteiger partial charge in [-0.1, -0.05) is 35.9 Å². The van der Waals surface area contributed by atoms with Crippen molar-refractivity contribution >= 4 is 34.6 Å². The van der Waals surface area contributed by atoms with Gasteiger partial charge in [0.05, 0.1) is 10.7 Å². The van der Waals surface area contributed by atoms with Crippen molar-refractivity contribution < 1.29 is 9.53 Å². The summed E-state index contributed by atoms with van der Waals surface area (Å²) >= 11 is 6.22. The molecule has 0 aliphatic carbocycles. The average molecular weight is 381 g/mol. The molecule has 0 heterocycles. The van der Waals surface area contributed by atoms with Gasteiger partial charge in [-0.2, -0.15) is 0 Å². The highest BCUT2D eigenvalue weighted by Crippen LogP contribution is 2.27. The number of carbonyl (C=O) groups excluding carboxylic acids is 1. The minimum atomic E-state index is -0.254. The second-order valence-electron chi connectivity index (χ2n) is 6.29. The Balaban J connectivity index is 1.55. The number of hydrogen-bond donors (Lipinski definition) is 2. The standard InChI is InChI=1S/C22H21ClN2O2/c1-15-12-16(2)22(20(23)13-15)25-21(26)14-27-19-10-8-18(9-11-19)24-17-6-4-3-5-7-17/h3-13,24H,14H2,1-2H3,(H,25,26). The van der Waals surface area contributed by atoms with Crippen LogP contribution in [0.2, 0.25) is 5.02 Å². The van der Waals surface area contributed by atoms with Crippen LogP contribution in [0.1, 0.15) is 11.1 Å². The molecule has 0 bridgehead atoms. The van der Waals surface area contributed by atoms with E-state index in [-0.39, 0.29) is 12.5 Å². The highest BCUT2D eigenvalue weighted by molar-refractivity contribution is 6.34. The van der Waals surface area contributed by atoms with Crippen molar-refractivity contribution in [2.45, 2.75) is 13.8 Å². The van der Waals surface area contributed by atoms with Crippen LogP contribution in [-0.2, 0) is 4.79 Å². The van der Waals surface area contributed by atoms with Gasteiger partial charge in [0, 0.05) is 11.4 Å². The number of para-hydroxylation sites is 1. The zero-order chi connectivity index (χ0) is 19.2. The summed E-state index contributed by atoms with van der Waals surface area (Å²) in [6.07, 6.45) is 0. The zero-order valence-corrected chi connectivity index (χ0v) is 16.0. The van der Waals surface area contributed by atoms with Crippen molar-refractivity contribution in [3.63, 3.8) is 0 Å². The number of aryl methyl sites for hydroxylation is 2. The van der Waals surface area contributed by atoms with Gasteiger partial charge in [-0.05, 0) is 67.4 Å². The maximum absolute atomic E-state index is 12.2. The lowest BCUT2D eigenvalue weighted by Crippen LogP contribution is -2.21. The third kappa shape index (κ3) is 5.25. The molecule has 3 rings (SSSR count). The van der Waals surface area contributed by atoms with Crippen LogP contribution < -0.4 is 15.4 Å². The lowest BCUT2D eigenvalue weighted by Gasteiger charge is -2.12. The van der Waals surface area contributed by atoms with E-state index in [4.69, 9.17) is 16.3 Å². The minimum absolute atomic E-state index is 0.0882. The second kappa shape index (κ2) is 8.60. The quantitative estimate of drug-likeness (QED) is 0.575. The molecule has 0 fully saturated rings. The Kier molecular flexibility index (Phi) is 5.99. The maximum Gasteiger partial charge on any atom is 0.262 e. The summed E-state index contributed by atoms with van der Waals surface area (Å²) in [7, 11) is 0. The minimum Gasteiger partial charge on any atom is -0.484 e. The van der Waals surface area contributed by atoms with Crippen LogP contribution >= 0.6 is 11.6 Å². The van der Waals surface area contributed by atoms with Crippen molar-refractivity contribution in [1.29, 1.82) is 0 Å². The highest BCUT2D eigenvalue weighted by atomic mass is 35.5. The SMILES string of the molecule is Cc1cc(C)c(NC(=O)COc2ccc(Nc3ccccc3)cc2)c(Cl)c1. The molecule has 1 amide bonds. The lowest BCUT2D eigenvalue weighted by molar-refractivity contribution is -0.118. The second-order valence-corrected chi connectivity index (χ2v) is 6.70. The van der Waals surface area contributed by atoms with E-state index in [1.807, 2.05) is 80.6 Å². The smallest absolute Gasteiger partial charge is 0.262 e. The molecule has 2 N–H and O–H groups in total. The molecule has 138 valence electrons. The van der Waals surface area contributed by atoms with Crippen LogP contribution in [0.25, 0.3) is 0 Å². The third-order valence-electron chi connectivity index (χ3n) is 3.98. The first-order valence-electron chi connectivity index (χ1n) is 8.63. The molecule has 4 nitrogen and oxygen atoms in total. The van der Waals surface area contributed by atoms with Crippen LogP contribution in [0.5, 0.6) is 5.75 Å². The van der Waals surface area contributed by atoms with Crippen molar-refractivity contribution in [3.8, 4) is 5.75 Å². The van der Waals surface area contributed by atoms with Gasteiger partial charge in [-0.3, -0.25) is 4.79 Å². The summed E-state index contributed by atoms with van der Waals surface area (Å²) in [5, 5.41) is 6.63. The summed E-state index contributed by atoms with van der Waals surface area (Å²) < 4.78 is 5.57.